The summed E-state index contributed by atoms with van der Waals surface area (Å²) >= 11 is 0. The molecule has 0 aromatic heterocycles. The molecule has 1 heterocycles. The zero-order chi connectivity index (χ0) is 17.4. The predicted octanol–water partition coefficient (Wildman–Crippen LogP) is 2.73. The van der Waals surface area contributed by atoms with Crippen LogP contribution in [0.3, 0.4) is 0 Å². The highest BCUT2D eigenvalue weighted by molar-refractivity contribution is 14.0. The van der Waals surface area contributed by atoms with Gasteiger partial charge in [-0.3, -0.25) is 9.89 Å². The van der Waals surface area contributed by atoms with E-state index in [0.29, 0.717) is 6.04 Å². The van der Waals surface area contributed by atoms with Gasteiger partial charge in [0.25, 0.3) is 0 Å². The van der Waals surface area contributed by atoms with Gasteiger partial charge >= 0.3 is 0 Å². The van der Waals surface area contributed by atoms with Crippen LogP contribution in [0.25, 0.3) is 0 Å². The van der Waals surface area contributed by atoms with Gasteiger partial charge in [-0.1, -0.05) is 25.1 Å². The van der Waals surface area contributed by atoms with E-state index < -0.39 is 0 Å². The van der Waals surface area contributed by atoms with Gasteiger partial charge in [0.1, 0.15) is 0 Å². The largest absolute Gasteiger partial charge is 0.368 e. The maximum absolute atomic E-state index is 4.47. The minimum absolute atomic E-state index is 0. The molecule has 25 heavy (non-hydrogen) atoms. The third-order valence-electron chi connectivity index (χ3n) is 4.73. The summed E-state index contributed by atoms with van der Waals surface area (Å²) in [6.07, 6.45) is 0. The maximum atomic E-state index is 4.47. The van der Waals surface area contributed by atoms with E-state index in [1.165, 1.54) is 5.69 Å². The molecule has 6 heteroatoms. The molecule has 1 aliphatic rings. The lowest BCUT2D eigenvalue weighted by Crippen LogP contribution is -2.53. The van der Waals surface area contributed by atoms with Crippen LogP contribution in [0.15, 0.2) is 35.3 Å². The van der Waals surface area contributed by atoms with Crippen LogP contribution in [-0.2, 0) is 0 Å². The summed E-state index contributed by atoms with van der Waals surface area (Å²) in [6, 6.07) is 11.3. The molecule has 0 saturated carbocycles. The number of hydrogen-bond acceptors (Lipinski definition) is 3. The first-order valence-electron chi connectivity index (χ1n) is 9.15. The fraction of sp³-hybridized carbons (Fsp3) is 0.632. The third kappa shape index (κ3) is 6.66. The summed E-state index contributed by atoms with van der Waals surface area (Å²) in [6.45, 7) is 13.9. The summed E-state index contributed by atoms with van der Waals surface area (Å²) < 4.78 is 0. The van der Waals surface area contributed by atoms with Gasteiger partial charge in [-0.25, -0.2) is 0 Å². The molecule has 1 aromatic rings. The average Bonchev–Trinajstić information content (AvgIpc) is 2.62. The molecule has 1 aliphatic heterocycles. The van der Waals surface area contributed by atoms with Gasteiger partial charge < -0.3 is 15.1 Å². The van der Waals surface area contributed by atoms with Gasteiger partial charge in [-0.15, -0.1) is 24.0 Å². The lowest BCUT2D eigenvalue weighted by atomic mass is 10.2. The Hall–Kier alpha value is -1.02. The zero-order valence-electron chi connectivity index (χ0n) is 16.1. The highest BCUT2D eigenvalue weighted by Crippen LogP contribution is 2.15. The maximum Gasteiger partial charge on any atom is 0.193 e. The lowest BCUT2D eigenvalue weighted by Gasteiger charge is -2.38. The first-order chi connectivity index (χ1) is 11.7. The first-order valence-corrected chi connectivity index (χ1v) is 9.15. The van der Waals surface area contributed by atoms with E-state index in [4.69, 9.17) is 0 Å². The van der Waals surface area contributed by atoms with E-state index in [1.807, 2.05) is 7.05 Å². The molecular weight excluding hydrogens is 425 g/mol. The Bertz CT molecular complexity index is 498. The van der Waals surface area contributed by atoms with Crippen LogP contribution in [0.1, 0.15) is 20.8 Å². The molecule has 0 radical (unpaired) electrons. The van der Waals surface area contributed by atoms with Crippen molar-refractivity contribution >= 4 is 35.6 Å². The molecule has 0 bridgehead atoms. The van der Waals surface area contributed by atoms with Crippen LogP contribution in [-0.4, -0.2) is 74.7 Å². The van der Waals surface area contributed by atoms with E-state index in [0.717, 1.165) is 51.8 Å². The normalized spacial score (nSPS) is 15.5. The van der Waals surface area contributed by atoms with E-state index >= 15 is 0 Å². The molecule has 0 spiro atoms. The second-order valence-electron chi connectivity index (χ2n) is 6.51. The second-order valence-corrected chi connectivity index (χ2v) is 6.51. The number of hydrogen-bond donors (Lipinski definition) is 1. The minimum Gasteiger partial charge on any atom is -0.368 e. The van der Waals surface area contributed by atoms with Crippen LogP contribution in [0.5, 0.6) is 0 Å². The van der Waals surface area contributed by atoms with Crippen molar-refractivity contribution in [3.05, 3.63) is 30.3 Å². The topological polar surface area (TPSA) is 34.1 Å². The molecule has 1 aromatic carbocycles. The standard InChI is InChI=1S/C19H33N5.HI/c1-5-22(17(2)3)12-11-21-19(20-4)24-15-13-23(14-16-24)18-9-7-6-8-10-18;/h6-10,17H,5,11-16H2,1-4H3,(H,20,21);1H. The van der Waals surface area contributed by atoms with Crippen molar-refractivity contribution < 1.29 is 0 Å². The number of anilines is 1. The van der Waals surface area contributed by atoms with Crippen molar-refractivity contribution in [2.75, 3.05) is 57.8 Å². The van der Waals surface area contributed by atoms with E-state index in [-0.39, 0.29) is 24.0 Å². The van der Waals surface area contributed by atoms with Crippen molar-refractivity contribution in [2.24, 2.45) is 4.99 Å². The molecule has 0 unspecified atom stereocenters. The van der Waals surface area contributed by atoms with Gasteiger partial charge in [0.05, 0.1) is 0 Å². The van der Waals surface area contributed by atoms with Gasteiger partial charge in [-0.05, 0) is 32.5 Å². The summed E-state index contributed by atoms with van der Waals surface area (Å²) in [5.74, 6) is 1.03. The third-order valence-corrected chi connectivity index (χ3v) is 4.73. The van der Waals surface area contributed by atoms with Crippen molar-refractivity contribution in [1.29, 1.82) is 0 Å². The van der Waals surface area contributed by atoms with Gasteiger partial charge in [0.2, 0.25) is 0 Å². The fourth-order valence-corrected chi connectivity index (χ4v) is 3.24. The molecule has 1 fully saturated rings. The highest BCUT2D eigenvalue weighted by atomic mass is 127. The molecule has 5 nitrogen and oxygen atoms in total. The summed E-state index contributed by atoms with van der Waals surface area (Å²) in [7, 11) is 1.88. The van der Waals surface area contributed by atoms with Crippen molar-refractivity contribution in [1.82, 2.24) is 15.1 Å². The van der Waals surface area contributed by atoms with Gasteiger partial charge in [0.15, 0.2) is 5.96 Å². The Balaban J connectivity index is 0.00000312. The molecule has 1 N–H and O–H groups in total. The molecule has 1 saturated heterocycles. The average molecular weight is 459 g/mol. The molecule has 142 valence electrons. The Morgan fingerprint density at radius 3 is 2.32 bits per heavy atom. The molecule has 2 rings (SSSR count). The monoisotopic (exact) mass is 459 g/mol. The smallest absolute Gasteiger partial charge is 0.193 e. The van der Waals surface area contributed by atoms with Gasteiger partial charge in [-0.2, -0.15) is 0 Å². The number of piperazine rings is 1. The highest BCUT2D eigenvalue weighted by Gasteiger charge is 2.19. The van der Waals surface area contributed by atoms with Crippen LogP contribution >= 0.6 is 24.0 Å². The predicted molar refractivity (Wildman–Crippen MR) is 119 cm³/mol. The van der Waals surface area contributed by atoms with Crippen LogP contribution in [0, 0.1) is 0 Å². The Morgan fingerprint density at radius 1 is 1.16 bits per heavy atom. The minimum atomic E-state index is 0. The lowest BCUT2D eigenvalue weighted by molar-refractivity contribution is 0.236. The zero-order valence-corrected chi connectivity index (χ0v) is 18.4. The summed E-state index contributed by atoms with van der Waals surface area (Å²) in [5, 5.41) is 3.53. The van der Waals surface area contributed by atoms with Crippen LogP contribution in [0.4, 0.5) is 5.69 Å². The van der Waals surface area contributed by atoms with Crippen molar-refractivity contribution in [3.8, 4) is 0 Å². The van der Waals surface area contributed by atoms with E-state index in [2.05, 4.69) is 76.1 Å². The number of para-hydroxylation sites is 1. The van der Waals surface area contributed by atoms with E-state index in [1.54, 1.807) is 0 Å². The van der Waals surface area contributed by atoms with E-state index in [9.17, 15) is 0 Å². The number of aliphatic imine (C=N–C) groups is 1. The summed E-state index contributed by atoms with van der Waals surface area (Å²) in [4.78, 5) is 11.7. The van der Waals surface area contributed by atoms with Crippen molar-refractivity contribution in [2.45, 2.75) is 26.8 Å². The summed E-state index contributed by atoms with van der Waals surface area (Å²) in [5.41, 5.74) is 1.32. The quantitative estimate of drug-likeness (QED) is 0.403. The molecule has 0 aliphatic carbocycles. The van der Waals surface area contributed by atoms with Gasteiger partial charge in [0, 0.05) is 58.0 Å². The second kappa shape index (κ2) is 11.6. The van der Waals surface area contributed by atoms with Crippen LogP contribution < -0.4 is 10.2 Å². The fourth-order valence-electron chi connectivity index (χ4n) is 3.24. The molecular formula is C19H34IN5. The van der Waals surface area contributed by atoms with Crippen LogP contribution in [0.2, 0.25) is 0 Å². The number of nitrogens with zero attached hydrogens (tertiary/aromatic N) is 4. The molecule has 0 atom stereocenters. The number of halogens is 1. The Morgan fingerprint density at radius 2 is 1.80 bits per heavy atom. The Labute approximate surface area is 170 Å². The number of nitrogens with one attached hydrogen (secondary N) is 1. The SMILES string of the molecule is CCN(CCNC(=NC)N1CCN(c2ccccc2)CC1)C(C)C.I. The number of rotatable bonds is 6. The Kier molecular flexibility index (Phi) is 10.2. The number of guanidine groups is 1. The molecule has 0 amide bonds. The number of likely N-dealkylation sites (N-methyl/N-ethyl adjacent to an activating group) is 1. The first kappa shape index (κ1) is 22.0. The number of benzene rings is 1. The van der Waals surface area contributed by atoms with Crippen molar-refractivity contribution in [3.63, 3.8) is 0 Å².